The van der Waals surface area contributed by atoms with Gasteiger partial charge in [0.1, 0.15) is 0 Å². The standard InChI is InChI=1S/C17H27NO3/c1-5-17(2)11-14(8-9-21-17)18-12-13-6-7-15(19-3)16(10-13)20-4/h6-7,10,14,18H,5,8-9,11-12H2,1-4H3. The minimum Gasteiger partial charge on any atom is -0.493 e. The number of nitrogens with one attached hydrogen (secondary N) is 1. The molecule has 1 aromatic carbocycles. The van der Waals surface area contributed by atoms with Crippen LogP contribution in [0.3, 0.4) is 0 Å². The molecular weight excluding hydrogens is 266 g/mol. The van der Waals surface area contributed by atoms with E-state index in [1.165, 1.54) is 5.56 Å². The number of ether oxygens (including phenoxy) is 3. The molecule has 0 aromatic heterocycles. The van der Waals surface area contributed by atoms with Crippen LogP contribution >= 0.6 is 0 Å². The van der Waals surface area contributed by atoms with Gasteiger partial charge in [0.25, 0.3) is 0 Å². The molecule has 2 atom stereocenters. The predicted octanol–water partition coefficient (Wildman–Crippen LogP) is 3.14. The Hall–Kier alpha value is -1.26. The maximum absolute atomic E-state index is 5.89. The SMILES string of the molecule is CCC1(C)CC(NCc2ccc(OC)c(OC)c2)CCO1. The molecule has 1 saturated heterocycles. The lowest BCUT2D eigenvalue weighted by atomic mass is 9.90. The largest absolute Gasteiger partial charge is 0.493 e. The molecule has 1 heterocycles. The summed E-state index contributed by atoms with van der Waals surface area (Å²) >= 11 is 0. The molecule has 1 aromatic rings. The first kappa shape index (κ1) is 16.1. The molecule has 2 unspecified atom stereocenters. The molecule has 21 heavy (non-hydrogen) atoms. The van der Waals surface area contributed by atoms with E-state index in [1.807, 2.05) is 12.1 Å². The monoisotopic (exact) mass is 293 g/mol. The summed E-state index contributed by atoms with van der Waals surface area (Å²) in [6.45, 7) is 6.08. The van der Waals surface area contributed by atoms with Gasteiger partial charge in [-0.15, -0.1) is 0 Å². The van der Waals surface area contributed by atoms with E-state index in [1.54, 1.807) is 14.2 Å². The first-order valence-corrected chi connectivity index (χ1v) is 7.68. The average molecular weight is 293 g/mol. The van der Waals surface area contributed by atoms with Crippen molar-refractivity contribution in [2.75, 3.05) is 20.8 Å². The molecule has 0 saturated carbocycles. The molecule has 118 valence electrons. The summed E-state index contributed by atoms with van der Waals surface area (Å²) in [5, 5.41) is 3.64. The van der Waals surface area contributed by atoms with Gasteiger partial charge in [0.15, 0.2) is 11.5 Å². The highest BCUT2D eigenvalue weighted by molar-refractivity contribution is 5.42. The van der Waals surface area contributed by atoms with Gasteiger partial charge in [-0.1, -0.05) is 13.0 Å². The minimum atomic E-state index is 0.0213. The lowest BCUT2D eigenvalue weighted by Gasteiger charge is -2.38. The molecule has 0 aliphatic carbocycles. The third-order valence-corrected chi connectivity index (χ3v) is 4.39. The van der Waals surface area contributed by atoms with Crippen LogP contribution in [0.5, 0.6) is 11.5 Å². The zero-order valence-corrected chi connectivity index (χ0v) is 13.6. The Bertz CT molecular complexity index is 463. The van der Waals surface area contributed by atoms with Crippen LogP contribution in [-0.2, 0) is 11.3 Å². The van der Waals surface area contributed by atoms with Crippen LogP contribution in [0.15, 0.2) is 18.2 Å². The highest BCUT2D eigenvalue weighted by Gasteiger charge is 2.31. The van der Waals surface area contributed by atoms with E-state index in [2.05, 4.69) is 25.2 Å². The van der Waals surface area contributed by atoms with Crippen molar-refractivity contribution in [3.8, 4) is 11.5 Å². The van der Waals surface area contributed by atoms with Gasteiger partial charge in [0.2, 0.25) is 0 Å². The number of hydrogen-bond donors (Lipinski definition) is 1. The fourth-order valence-electron chi connectivity index (χ4n) is 2.80. The van der Waals surface area contributed by atoms with Crippen LogP contribution in [0.2, 0.25) is 0 Å². The van der Waals surface area contributed by atoms with Gasteiger partial charge in [-0.25, -0.2) is 0 Å². The molecule has 0 radical (unpaired) electrons. The van der Waals surface area contributed by atoms with Crippen LogP contribution < -0.4 is 14.8 Å². The van der Waals surface area contributed by atoms with E-state index < -0.39 is 0 Å². The second-order valence-electron chi connectivity index (χ2n) is 5.91. The highest BCUT2D eigenvalue weighted by Crippen LogP contribution is 2.29. The Morgan fingerprint density at radius 3 is 2.71 bits per heavy atom. The molecule has 4 heteroatoms. The summed E-state index contributed by atoms with van der Waals surface area (Å²) in [5.41, 5.74) is 1.23. The second-order valence-corrected chi connectivity index (χ2v) is 5.91. The Morgan fingerprint density at radius 1 is 1.29 bits per heavy atom. The van der Waals surface area contributed by atoms with Crippen molar-refractivity contribution in [1.82, 2.24) is 5.32 Å². The number of benzene rings is 1. The predicted molar refractivity (Wildman–Crippen MR) is 84.1 cm³/mol. The number of rotatable bonds is 6. The molecule has 0 bridgehead atoms. The van der Waals surface area contributed by atoms with Gasteiger partial charge in [-0.2, -0.15) is 0 Å². The first-order valence-electron chi connectivity index (χ1n) is 7.68. The molecule has 1 fully saturated rings. The molecule has 1 N–H and O–H groups in total. The van der Waals surface area contributed by atoms with Gasteiger partial charge < -0.3 is 19.5 Å². The number of hydrogen-bond acceptors (Lipinski definition) is 4. The van der Waals surface area contributed by atoms with Gasteiger partial charge in [-0.05, 0) is 43.9 Å². The summed E-state index contributed by atoms with van der Waals surface area (Å²) in [6, 6.07) is 6.57. The van der Waals surface area contributed by atoms with Crippen molar-refractivity contribution in [1.29, 1.82) is 0 Å². The van der Waals surface area contributed by atoms with E-state index in [0.29, 0.717) is 6.04 Å². The molecule has 1 aliphatic rings. The topological polar surface area (TPSA) is 39.7 Å². The summed E-state index contributed by atoms with van der Waals surface area (Å²) in [7, 11) is 3.32. The Morgan fingerprint density at radius 2 is 2.05 bits per heavy atom. The Labute approximate surface area is 127 Å². The fourth-order valence-corrected chi connectivity index (χ4v) is 2.80. The molecule has 4 nitrogen and oxygen atoms in total. The van der Waals surface area contributed by atoms with Crippen molar-refractivity contribution in [2.24, 2.45) is 0 Å². The van der Waals surface area contributed by atoms with Crippen molar-refractivity contribution >= 4 is 0 Å². The Balaban J connectivity index is 1.93. The maximum atomic E-state index is 5.89. The quantitative estimate of drug-likeness (QED) is 0.874. The fraction of sp³-hybridized carbons (Fsp3) is 0.647. The van der Waals surface area contributed by atoms with E-state index in [-0.39, 0.29) is 5.60 Å². The summed E-state index contributed by atoms with van der Waals surface area (Å²) < 4.78 is 16.5. The van der Waals surface area contributed by atoms with Crippen molar-refractivity contribution in [2.45, 2.75) is 51.3 Å². The molecule has 0 amide bonds. The van der Waals surface area contributed by atoms with Crippen LogP contribution in [0.4, 0.5) is 0 Å². The lowest BCUT2D eigenvalue weighted by molar-refractivity contribution is -0.0781. The maximum Gasteiger partial charge on any atom is 0.161 e. The van der Waals surface area contributed by atoms with E-state index in [4.69, 9.17) is 14.2 Å². The smallest absolute Gasteiger partial charge is 0.161 e. The average Bonchev–Trinajstić information content (AvgIpc) is 2.52. The van der Waals surface area contributed by atoms with Gasteiger partial charge in [0.05, 0.1) is 19.8 Å². The van der Waals surface area contributed by atoms with Crippen LogP contribution in [0.25, 0.3) is 0 Å². The lowest BCUT2D eigenvalue weighted by Crippen LogP contribution is -2.44. The third-order valence-electron chi connectivity index (χ3n) is 4.39. The van der Waals surface area contributed by atoms with Gasteiger partial charge >= 0.3 is 0 Å². The zero-order valence-electron chi connectivity index (χ0n) is 13.6. The second kappa shape index (κ2) is 7.14. The van der Waals surface area contributed by atoms with Crippen molar-refractivity contribution < 1.29 is 14.2 Å². The van der Waals surface area contributed by atoms with Crippen LogP contribution in [-0.4, -0.2) is 32.5 Å². The summed E-state index contributed by atoms with van der Waals surface area (Å²) in [6.07, 6.45) is 3.20. The molecular formula is C17H27NO3. The third kappa shape index (κ3) is 4.11. The van der Waals surface area contributed by atoms with E-state index in [9.17, 15) is 0 Å². The normalized spacial score (nSPS) is 25.6. The molecule has 2 rings (SSSR count). The minimum absolute atomic E-state index is 0.0213. The Kier molecular flexibility index (Phi) is 5.48. The summed E-state index contributed by atoms with van der Waals surface area (Å²) in [5.74, 6) is 1.55. The van der Waals surface area contributed by atoms with E-state index in [0.717, 1.165) is 43.9 Å². The van der Waals surface area contributed by atoms with Gasteiger partial charge in [0, 0.05) is 19.2 Å². The molecule has 0 spiro atoms. The van der Waals surface area contributed by atoms with Crippen LogP contribution in [0, 0.1) is 0 Å². The number of methoxy groups -OCH3 is 2. The van der Waals surface area contributed by atoms with Crippen LogP contribution in [0.1, 0.15) is 38.7 Å². The summed E-state index contributed by atoms with van der Waals surface area (Å²) in [4.78, 5) is 0. The first-order chi connectivity index (χ1) is 10.1. The molecule has 1 aliphatic heterocycles. The van der Waals surface area contributed by atoms with Gasteiger partial charge in [-0.3, -0.25) is 0 Å². The van der Waals surface area contributed by atoms with Crippen molar-refractivity contribution in [3.63, 3.8) is 0 Å². The highest BCUT2D eigenvalue weighted by atomic mass is 16.5. The van der Waals surface area contributed by atoms with E-state index >= 15 is 0 Å². The zero-order chi connectivity index (χ0) is 15.3. The van der Waals surface area contributed by atoms with Crippen molar-refractivity contribution in [3.05, 3.63) is 23.8 Å².